The number of hydrogen-bond acceptors (Lipinski definition) is 4. The Labute approximate surface area is 129 Å². The smallest absolute Gasteiger partial charge is 0.137 e. The third-order valence-electron chi connectivity index (χ3n) is 3.86. The lowest BCUT2D eigenvalue weighted by atomic mass is 10.0. The zero-order valence-electron chi connectivity index (χ0n) is 12.1. The van der Waals surface area contributed by atoms with E-state index < -0.39 is 0 Å². The molecule has 5 nitrogen and oxygen atoms in total. The van der Waals surface area contributed by atoms with Crippen LogP contribution < -0.4 is 4.74 Å². The molecule has 0 radical (unpaired) electrons. The van der Waals surface area contributed by atoms with E-state index in [2.05, 4.69) is 34.2 Å². The third-order valence-corrected chi connectivity index (χ3v) is 4.35. The van der Waals surface area contributed by atoms with Crippen molar-refractivity contribution in [3.05, 3.63) is 42.0 Å². The average molecular weight is 307 g/mol. The van der Waals surface area contributed by atoms with Crippen LogP contribution in [-0.4, -0.2) is 45.4 Å². The number of rotatable bonds is 4. The molecule has 21 heavy (non-hydrogen) atoms. The molecule has 0 spiro atoms. The zero-order valence-corrected chi connectivity index (χ0v) is 12.8. The number of nitrogens with zero attached hydrogens (tertiary/aromatic N) is 4. The van der Waals surface area contributed by atoms with Crippen molar-refractivity contribution >= 4 is 11.6 Å². The minimum Gasteiger partial charge on any atom is -0.491 e. The number of benzene rings is 1. The second-order valence-corrected chi connectivity index (χ2v) is 5.77. The molecular formula is C15H19ClN4O. The van der Waals surface area contributed by atoms with E-state index in [4.69, 9.17) is 16.3 Å². The van der Waals surface area contributed by atoms with E-state index in [0.717, 1.165) is 25.1 Å². The highest BCUT2D eigenvalue weighted by Gasteiger charge is 2.21. The fourth-order valence-electron chi connectivity index (χ4n) is 2.57. The van der Waals surface area contributed by atoms with Crippen LogP contribution in [0, 0.1) is 0 Å². The topological polar surface area (TPSA) is 43.2 Å². The van der Waals surface area contributed by atoms with Gasteiger partial charge in [-0.05, 0) is 25.1 Å². The van der Waals surface area contributed by atoms with Crippen molar-refractivity contribution in [2.24, 2.45) is 0 Å². The Morgan fingerprint density at radius 1 is 1.43 bits per heavy atom. The Bertz CT molecular complexity index is 587. The molecule has 0 N–H and O–H groups in total. The van der Waals surface area contributed by atoms with Crippen molar-refractivity contribution in [2.45, 2.75) is 24.9 Å². The summed E-state index contributed by atoms with van der Waals surface area (Å²) in [5.41, 5.74) is 2.59. The summed E-state index contributed by atoms with van der Waals surface area (Å²) in [5.74, 6) is 0.938. The van der Waals surface area contributed by atoms with Crippen LogP contribution in [0.15, 0.2) is 30.9 Å². The lowest BCUT2D eigenvalue weighted by Crippen LogP contribution is -2.28. The van der Waals surface area contributed by atoms with E-state index >= 15 is 0 Å². The van der Waals surface area contributed by atoms with Crippen LogP contribution in [0.1, 0.15) is 11.1 Å². The summed E-state index contributed by atoms with van der Waals surface area (Å²) in [6.07, 6.45) is 5.04. The summed E-state index contributed by atoms with van der Waals surface area (Å²) < 4.78 is 7.71. The van der Waals surface area contributed by atoms with Gasteiger partial charge in [0.25, 0.3) is 0 Å². The van der Waals surface area contributed by atoms with Gasteiger partial charge < -0.3 is 4.74 Å². The van der Waals surface area contributed by atoms with Crippen molar-refractivity contribution in [2.75, 3.05) is 20.2 Å². The Morgan fingerprint density at radius 3 is 3.14 bits per heavy atom. The first kappa shape index (κ1) is 14.4. The van der Waals surface area contributed by atoms with Crippen LogP contribution in [0.25, 0.3) is 0 Å². The Morgan fingerprint density at radius 2 is 2.33 bits per heavy atom. The first-order valence-electron chi connectivity index (χ1n) is 7.14. The van der Waals surface area contributed by atoms with Gasteiger partial charge in [-0.1, -0.05) is 12.1 Å². The molecule has 0 saturated carbocycles. The van der Waals surface area contributed by atoms with E-state index in [1.807, 2.05) is 6.07 Å². The first-order valence-corrected chi connectivity index (χ1v) is 7.58. The lowest BCUT2D eigenvalue weighted by molar-refractivity contribution is 0.285. The zero-order chi connectivity index (χ0) is 14.7. The third kappa shape index (κ3) is 3.36. The van der Waals surface area contributed by atoms with Crippen LogP contribution in [0.3, 0.4) is 0 Å². The van der Waals surface area contributed by atoms with E-state index in [9.17, 15) is 0 Å². The van der Waals surface area contributed by atoms with Crippen molar-refractivity contribution < 1.29 is 4.74 Å². The molecule has 1 unspecified atom stereocenters. The van der Waals surface area contributed by atoms with Gasteiger partial charge in [0.2, 0.25) is 0 Å². The highest BCUT2D eigenvalue weighted by atomic mass is 35.5. The quantitative estimate of drug-likeness (QED) is 0.640. The van der Waals surface area contributed by atoms with Gasteiger partial charge >= 0.3 is 0 Å². The number of alkyl halides is 1. The predicted octanol–water partition coefficient (Wildman–Crippen LogP) is 1.95. The van der Waals surface area contributed by atoms with Crippen LogP contribution in [0.5, 0.6) is 5.75 Å². The van der Waals surface area contributed by atoms with Gasteiger partial charge in [0.05, 0.1) is 12.0 Å². The van der Waals surface area contributed by atoms with E-state index in [1.54, 1.807) is 11.0 Å². The monoisotopic (exact) mass is 306 g/mol. The Kier molecular flexibility index (Phi) is 4.41. The van der Waals surface area contributed by atoms with E-state index in [0.29, 0.717) is 13.2 Å². The van der Waals surface area contributed by atoms with Gasteiger partial charge in [-0.15, -0.1) is 11.6 Å². The molecular weight excluding hydrogens is 288 g/mol. The molecule has 1 aromatic carbocycles. The fraction of sp³-hybridized carbons (Fsp3) is 0.467. The van der Waals surface area contributed by atoms with Crippen molar-refractivity contribution in [1.29, 1.82) is 0 Å². The predicted molar refractivity (Wildman–Crippen MR) is 81.6 cm³/mol. The highest BCUT2D eigenvalue weighted by molar-refractivity contribution is 6.20. The van der Waals surface area contributed by atoms with Gasteiger partial charge in [-0.25, -0.2) is 9.67 Å². The normalized spacial score (nSPS) is 19.0. The molecule has 3 rings (SSSR count). The molecule has 0 saturated heterocycles. The van der Waals surface area contributed by atoms with Crippen molar-refractivity contribution in [3.8, 4) is 5.75 Å². The molecule has 2 aromatic rings. The summed E-state index contributed by atoms with van der Waals surface area (Å²) in [6, 6.07) is 6.25. The maximum absolute atomic E-state index is 6.43. The molecule has 0 fully saturated rings. The molecule has 6 heteroatoms. The second-order valence-electron chi connectivity index (χ2n) is 5.27. The van der Waals surface area contributed by atoms with E-state index in [1.165, 1.54) is 17.5 Å². The number of halogens is 1. The molecule has 0 bridgehead atoms. The maximum atomic E-state index is 6.43. The fourth-order valence-corrected chi connectivity index (χ4v) is 2.82. The maximum Gasteiger partial charge on any atom is 0.137 e. The molecule has 0 amide bonds. The lowest BCUT2D eigenvalue weighted by Gasteiger charge is -2.19. The first-order chi connectivity index (χ1) is 10.2. The van der Waals surface area contributed by atoms with Gasteiger partial charge in [-0.3, -0.25) is 4.90 Å². The van der Waals surface area contributed by atoms with Crippen molar-refractivity contribution in [3.63, 3.8) is 0 Å². The molecule has 1 aliphatic rings. The van der Waals surface area contributed by atoms with Crippen molar-refractivity contribution in [1.82, 2.24) is 19.7 Å². The van der Waals surface area contributed by atoms with Gasteiger partial charge in [0.15, 0.2) is 0 Å². The van der Waals surface area contributed by atoms with E-state index in [-0.39, 0.29) is 5.50 Å². The summed E-state index contributed by atoms with van der Waals surface area (Å²) in [7, 11) is 2.06. The van der Waals surface area contributed by atoms with Crippen LogP contribution >= 0.6 is 11.6 Å². The standard InChI is InChI=1S/C15H19ClN4O/c1-19-6-5-12-3-2-4-14(13(12)9-15(19)16)21-8-7-20-11-17-10-18-20/h2-4,10-11,15H,5-9H2,1H3. The summed E-state index contributed by atoms with van der Waals surface area (Å²) in [5, 5.41) is 4.07. The molecule has 112 valence electrons. The molecule has 1 aromatic heterocycles. The molecule has 1 aliphatic heterocycles. The number of aromatic nitrogens is 3. The second kappa shape index (κ2) is 6.45. The number of ether oxygens (including phenoxy) is 1. The van der Waals surface area contributed by atoms with Gasteiger partial charge in [0.1, 0.15) is 25.0 Å². The van der Waals surface area contributed by atoms with Gasteiger partial charge in [0, 0.05) is 18.5 Å². The Balaban J connectivity index is 1.71. The van der Waals surface area contributed by atoms with Crippen LogP contribution in [0.2, 0.25) is 0 Å². The van der Waals surface area contributed by atoms with Crippen LogP contribution in [0.4, 0.5) is 0 Å². The molecule has 2 heterocycles. The Hall–Kier alpha value is -1.59. The largest absolute Gasteiger partial charge is 0.491 e. The van der Waals surface area contributed by atoms with Gasteiger partial charge in [-0.2, -0.15) is 5.10 Å². The minimum atomic E-state index is 0.0197. The minimum absolute atomic E-state index is 0.0197. The number of fused-ring (bicyclic) bond motifs is 1. The molecule has 0 aliphatic carbocycles. The van der Waals surface area contributed by atoms with Crippen LogP contribution in [-0.2, 0) is 19.4 Å². The SMILES string of the molecule is CN1CCc2cccc(OCCn3cncn3)c2CC1Cl. The molecule has 1 atom stereocenters. The summed E-state index contributed by atoms with van der Waals surface area (Å²) in [6.45, 7) is 2.24. The number of likely N-dealkylation sites (N-methyl/N-ethyl adjacent to an activating group) is 1. The average Bonchev–Trinajstić information content (AvgIpc) is 2.95. The summed E-state index contributed by atoms with van der Waals surface area (Å²) in [4.78, 5) is 6.10. The highest BCUT2D eigenvalue weighted by Crippen LogP contribution is 2.29. The number of hydrogen-bond donors (Lipinski definition) is 0. The summed E-state index contributed by atoms with van der Waals surface area (Å²) >= 11 is 6.43.